The van der Waals surface area contributed by atoms with Crippen LogP contribution >= 0.6 is 0 Å². The molecule has 100 valence electrons. The summed E-state index contributed by atoms with van der Waals surface area (Å²) in [7, 11) is 1.58. The molecule has 20 heavy (non-hydrogen) atoms. The second-order valence-corrected chi connectivity index (χ2v) is 4.34. The summed E-state index contributed by atoms with van der Waals surface area (Å²) in [5, 5.41) is 0. The van der Waals surface area contributed by atoms with Crippen LogP contribution in [-0.2, 0) is 0 Å². The van der Waals surface area contributed by atoms with Gasteiger partial charge in [0.1, 0.15) is 0 Å². The lowest BCUT2D eigenvalue weighted by atomic mass is 10.1. The second kappa shape index (κ2) is 4.12. The van der Waals surface area contributed by atoms with Gasteiger partial charge in [-0.15, -0.1) is 0 Å². The number of hydrogen-bond acceptors (Lipinski definition) is 5. The molecule has 0 amide bonds. The molecule has 0 spiro atoms. The molecule has 0 atom stereocenters. The zero-order valence-electron chi connectivity index (χ0n) is 10.7. The van der Waals surface area contributed by atoms with Crippen molar-refractivity contribution in [3.05, 3.63) is 36.8 Å². The van der Waals surface area contributed by atoms with Crippen LogP contribution in [0.5, 0.6) is 17.4 Å². The lowest BCUT2D eigenvalue weighted by Crippen LogP contribution is -1.94. The fraction of sp³-hybridized carbons (Fsp3) is 0.143. The Labute approximate surface area is 114 Å². The quantitative estimate of drug-likeness (QED) is 0.713. The molecule has 0 saturated heterocycles. The van der Waals surface area contributed by atoms with Crippen LogP contribution in [0, 0.1) is 0 Å². The van der Waals surface area contributed by atoms with Crippen LogP contribution in [0.15, 0.2) is 36.8 Å². The minimum Gasteiger partial charge on any atom is -0.478 e. The Bertz CT molecular complexity index is 797. The van der Waals surface area contributed by atoms with E-state index >= 15 is 0 Å². The normalized spacial score (nSPS) is 12.8. The first kappa shape index (κ1) is 11.1. The number of benzene rings is 1. The Hall–Kier alpha value is -2.76. The number of nitrogens with zero attached hydrogens (tertiary/aromatic N) is 3. The van der Waals surface area contributed by atoms with Crippen molar-refractivity contribution in [2.45, 2.75) is 0 Å². The summed E-state index contributed by atoms with van der Waals surface area (Å²) in [6, 6.07) is 5.82. The number of rotatable bonds is 2. The zero-order chi connectivity index (χ0) is 13.5. The topological polar surface area (TPSA) is 57.9 Å². The maximum atomic E-state index is 5.41. The van der Waals surface area contributed by atoms with E-state index in [1.165, 1.54) is 0 Å². The minimum atomic E-state index is 0.268. The average molecular weight is 269 g/mol. The third-order valence-corrected chi connectivity index (χ3v) is 3.26. The molecule has 0 fully saturated rings. The summed E-state index contributed by atoms with van der Waals surface area (Å²) in [5.41, 5.74) is 2.62. The van der Waals surface area contributed by atoms with Crippen molar-refractivity contribution in [3.63, 3.8) is 0 Å². The lowest BCUT2D eigenvalue weighted by Gasteiger charge is -2.04. The average Bonchev–Trinajstić information content (AvgIpc) is 3.12. The fourth-order valence-electron chi connectivity index (χ4n) is 2.31. The first-order valence-electron chi connectivity index (χ1n) is 6.13. The highest BCUT2D eigenvalue weighted by atomic mass is 16.7. The molecule has 0 saturated carbocycles. The van der Waals surface area contributed by atoms with E-state index in [0.29, 0.717) is 11.5 Å². The minimum absolute atomic E-state index is 0.268. The highest BCUT2D eigenvalue weighted by molar-refractivity contribution is 5.68. The molecule has 0 bridgehead atoms. The van der Waals surface area contributed by atoms with E-state index in [9.17, 15) is 0 Å². The maximum absolute atomic E-state index is 5.41. The Balaban J connectivity index is 1.90. The van der Waals surface area contributed by atoms with E-state index in [4.69, 9.17) is 14.2 Å². The summed E-state index contributed by atoms with van der Waals surface area (Å²) in [5.74, 6) is 2.01. The van der Waals surface area contributed by atoms with Crippen molar-refractivity contribution in [2.24, 2.45) is 0 Å². The van der Waals surface area contributed by atoms with Gasteiger partial charge in [0.2, 0.25) is 12.4 Å². The number of methoxy groups -OCH3 is 1. The van der Waals surface area contributed by atoms with Gasteiger partial charge in [-0.2, -0.15) is 0 Å². The summed E-state index contributed by atoms with van der Waals surface area (Å²) in [6.45, 7) is 0.268. The van der Waals surface area contributed by atoms with E-state index in [1.54, 1.807) is 19.5 Å². The summed E-state index contributed by atoms with van der Waals surface area (Å²) in [4.78, 5) is 8.50. The van der Waals surface area contributed by atoms with Crippen molar-refractivity contribution in [1.29, 1.82) is 0 Å². The van der Waals surface area contributed by atoms with Crippen molar-refractivity contribution >= 4 is 5.65 Å². The first-order valence-corrected chi connectivity index (χ1v) is 6.13. The van der Waals surface area contributed by atoms with Gasteiger partial charge in [-0.3, -0.25) is 4.40 Å². The third kappa shape index (κ3) is 1.51. The van der Waals surface area contributed by atoms with Gasteiger partial charge in [0.15, 0.2) is 11.5 Å². The number of ether oxygens (including phenoxy) is 3. The van der Waals surface area contributed by atoms with Gasteiger partial charge in [-0.05, 0) is 18.2 Å². The van der Waals surface area contributed by atoms with Crippen LogP contribution in [0.25, 0.3) is 16.9 Å². The molecule has 2 aromatic heterocycles. The number of hydrogen-bond donors (Lipinski definition) is 0. The Morgan fingerprint density at radius 3 is 3.00 bits per heavy atom. The zero-order valence-corrected chi connectivity index (χ0v) is 10.7. The molecule has 4 rings (SSSR count). The predicted molar refractivity (Wildman–Crippen MR) is 71.1 cm³/mol. The van der Waals surface area contributed by atoms with E-state index < -0.39 is 0 Å². The van der Waals surface area contributed by atoms with E-state index in [-0.39, 0.29) is 6.79 Å². The predicted octanol–water partition coefficient (Wildman–Crippen LogP) is 2.13. The van der Waals surface area contributed by atoms with Crippen molar-refractivity contribution in [1.82, 2.24) is 14.4 Å². The molecule has 1 aliphatic heterocycles. The van der Waals surface area contributed by atoms with Crippen LogP contribution in [0.4, 0.5) is 0 Å². The second-order valence-electron chi connectivity index (χ2n) is 4.34. The molecule has 1 aliphatic rings. The molecule has 0 N–H and O–H groups in total. The van der Waals surface area contributed by atoms with Gasteiger partial charge < -0.3 is 14.2 Å². The monoisotopic (exact) mass is 269 g/mol. The van der Waals surface area contributed by atoms with Gasteiger partial charge in [-0.25, -0.2) is 9.97 Å². The summed E-state index contributed by atoms with van der Waals surface area (Å²) in [6.07, 6.45) is 5.33. The van der Waals surface area contributed by atoms with Crippen LogP contribution < -0.4 is 14.2 Å². The number of imidazole rings is 1. The molecular weight excluding hydrogens is 258 g/mol. The van der Waals surface area contributed by atoms with Crippen LogP contribution in [0.1, 0.15) is 0 Å². The fourth-order valence-corrected chi connectivity index (χ4v) is 2.31. The number of aromatic nitrogens is 3. The Morgan fingerprint density at radius 1 is 1.20 bits per heavy atom. The van der Waals surface area contributed by atoms with Gasteiger partial charge in [-0.1, -0.05) is 0 Å². The molecule has 0 radical (unpaired) electrons. The van der Waals surface area contributed by atoms with E-state index in [0.717, 1.165) is 22.8 Å². The molecule has 0 unspecified atom stereocenters. The third-order valence-electron chi connectivity index (χ3n) is 3.26. The highest BCUT2D eigenvalue weighted by Gasteiger charge is 2.16. The molecule has 1 aromatic carbocycles. The van der Waals surface area contributed by atoms with Gasteiger partial charge in [0, 0.05) is 18.0 Å². The highest BCUT2D eigenvalue weighted by Crippen LogP contribution is 2.36. The SMILES string of the molecule is COc1nccn2c(-c3ccc4c(c3)OCO4)cnc12. The number of fused-ring (bicyclic) bond motifs is 2. The van der Waals surface area contributed by atoms with Crippen molar-refractivity contribution < 1.29 is 14.2 Å². The molecule has 3 aromatic rings. The van der Waals surface area contributed by atoms with Crippen LogP contribution in [-0.4, -0.2) is 28.3 Å². The lowest BCUT2D eigenvalue weighted by molar-refractivity contribution is 0.174. The van der Waals surface area contributed by atoms with E-state index in [1.807, 2.05) is 28.8 Å². The molecule has 0 aliphatic carbocycles. The van der Waals surface area contributed by atoms with E-state index in [2.05, 4.69) is 9.97 Å². The Kier molecular flexibility index (Phi) is 2.29. The van der Waals surface area contributed by atoms with Crippen molar-refractivity contribution in [2.75, 3.05) is 13.9 Å². The van der Waals surface area contributed by atoms with Gasteiger partial charge in [0.05, 0.1) is 19.0 Å². The molecule has 6 heteroatoms. The summed E-state index contributed by atoms with van der Waals surface area (Å²) >= 11 is 0. The largest absolute Gasteiger partial charge is 0.478 e. The van der Waals surface area contributed by atoms with Crippen molar-refractivity contribution in [3.8, 4) is 28.6 Å². The van der Waals surface area contributed by atoms with Crippen LogP contribution in [0.2, 0.25) is 0 Å². The van der Waals surface area contributed by atoms with Crippen LogP contribution in [0.3, 0.4) is 0 Å². The molecule has 6 nitrogen and oxygen atoms in total. The Morgan fingerprint density at radius 2 is 2.10 bits per heavy atom. The summed E-state index contributed by atoms with van der Waals surface area (Å²) < 4.78 is 17.9. The standard InChI is InChI=1S/C14H11N3O3/c1-18-14-13-16-7-10(17(13)5-4-15-14)9-2-3-11-12(6-9)20-8-19-11/h2-7H,8H2,1H3. The smallest absolute Gasteiger partial charge is 0.258 e. The van der Waals surface area contributed by atoms with Gasteiger partial charge in [0.25, 0.3) is 5.88 Å². The first-order chi connectivity index (χ1) is 9.86. The molecule has 3 heterocycles. The molecular formula is C14H11N3O3. The maximum Gasteiger partial charge on any atom is 0.258 e. The van der Waals surface area contributed by atoms with Gasteiger partial charge >= 0.3 is 0 Å².